The van der Waals surface area contributed by atoms with Crippen molar-refractivity contribution < 1.29 is 14.6 Å². The van der Waals surface area contributed by atoms with Gasteiger partial charge in [0.05, 0.1) is 5.02 Å². The Hall–Kier alpha value is -2.24. The lowest BCUT2D eigenvalue weighted by atomic mass is 10.00. The van der Waals surface area contributed by atoms with Gasteiger partial charge in [0.15, 0.2) is 6.10 Å². The summed E-state index contributed by atoms with van der Waals surface area (Å²) in [5, 5.41) is 14.8. The molecule has 150 valence electrons. The molecule has 0 saturated carbocycles. The van der Waals surface area contributed by atoms with Crippen LogP contribution in [0, 0.1) is 0 Å². The molecular weight excluding hydrogens is 433 g/mol. The van der Waals surface area contributed by atoms with Crippen molar-refractivity contribution in [3.05, 3.63) is 92.9 Å². The number of hydrogen-bond donors (Lipinski definition) is 2. The highest BCUT2D eigenvalue weighted by molar-refractivity contribution is 6.35. The Kier molecular flexibility index (Phi) is 7.04. The highest BCUT2D eigenvalue weighted by Gasteiger charge is 2.21. The molecule has 1 amide bonds. The lowest BCUT2D eigenvalue weighted by Crippen LogP contribution is -2.30. The quantitative estimate of drug-likeness (QED) is 0.474. The van der Waals surface area contributed by atoms with Gasteiger partial charge in [-0.25, -0.2) is 0 Å². The minimum atomic E-state index is -0.952. The summed E-state index contributed by atoms with van der Waals surface area (Å²) < 4.78 is 5.65. The first-order chi connectivity index (χ1) is 13.8. The summed E-state index contributed by atoms with van der Waals surface area (Å²) in [7, 11) is 0. The average Bonchev–Trinajstić information content (AvgIpc) is 2.71. The largest absolute Gasteiger partial charge is 0.479 e. The van der Waals surface area contributed by atoms with Crippen molar-refractivity contribution in [1.29, 1.82) is 0 Å². The number of hydrogen-bond acceptors (Lipinski definition) is 3. The molecule has 4 nitrogen and oxygen atoms in total. The highest BCUT2D eigenvalue weighted by atomic mass is 35.5. The average molecular weight is 451 g/mol. The van der Waals surface area contributed by atoms with Crippen molar-refractivity contribution in [3.63, 3.8) is 0 Å². The van der Waals surface area contributed by atoms with E-state index in [-0.39, 0.29) is 0 Å². The van der Waals surface area contributed by atoms with E-state index in [1.807, 2.05) is 18.2 Å². The Labute approximate surface area is 184 Å². The van der Waals surface area contributed by atoms with Crippen molar-refractivity contribution in [3.8, 4) is 5.75 Å². The van der Waals surface area contributed by atoms with Crippen LogP contribution in [0.15, 0.2) is 66.7 Å². The summed E-state index contributed by atoms with van der Waals surface area (Å²) >= 11 is 18.1. The number of halogens is 3. The number of ether oxygens (including phenoxy) is 1. The van der Waals surface area contributed by atoms with Crippen LogP contribution in [0.4, 0.5) is 5.69 Å². The molecule has 3 aromatic carbocycles. The number of nitrogens with one attached hydrogen (secondary N) is 1. The van der Waals surface area contributed by atoms with Crippen LogP contribution in [0.2, 0.25) is 15.1 Å². The van der Waals surface area contributed by atoms with E-state index in [2.05, 4.69) is 5.32 Å². The van der Waals surface area contributed by atoms with E-state index in [0.29, 0.717) is 37.6 Å². The van der Waals surface area contributed by atoms with Gasteiger partial charge in [0.1, 0.15) is 11.9 Å². The third-order valence-electron chi connectivity index (χ3n) is 4.25. The topological polar surface area (TPSA) is 58.6 Å². The fraction of sp³-hybridized carbons (Fsp3) is 0.136. The van der Waals surface area contributed by atoms with Gasteiger partial charge >= 0.3 is 0 Å². The van der Waals surface area contributed by atoms with Gasteiger partial charge in [0.2, 0.25) is 0 Å². The van der Waals surface area contributed by atoms with Crippen LogP contribution in [-0.2, 0) is 4.79 Å². The number of aliphatic hydroxyl groups is 1. The number of aliphatic hydroxyl groups excluding tert-OH is 1. The molecule has 0 aromatic heterocycles. The van der Waals surface area contributed by atoms with Gasteiger partial charge in [0.25, 0.3) is 5.91 Å². The van der Waals surface area contributed by atoms with Crippen molar-refractivity contribution in [1.82, 2.24) is 0 Å². The normalized spacial score (nSPS) is 12.9. The van der Waals surface area contributed by atoms with E-state index in [0.717, 1.165) is 0 Å². The summed E-state index contributed by atoms with van der Waals surface area (Å²) in [5.74, 6) is -0.0563. The summed E-state index contributed by atoms with van der Waals surface area (Å²) in [4.78, 5) is 12.7. The third-order valence-corrected chi connectivity index (χ3v) is 5.01. The van der Waals surface area contributed by atoms with Gasteiger partial charge in [-0.2, -0.15) is 0 Å². The Bertz CT molecular complexity index is 1010. The van der Waals surface area contributed by atoms with Gasteiger partial charge in [-0.3, -0.25) is 4.79 Å². The third kappa shape index (κ3) is 5.43. The van der Waals surface area contributed by atoms with Crippen LogP contribution in [0.25, 0.3) is 0 Å². The molecule has 0 spiro atoms. The second-order valence-electron chi connectivity index (χ2n) is 6.37. The molecule has 0 fully saturated rings. The first kappa shape index (κ1) is 21.5. The molecule has 0 radical (unpaired) electrons. The van der Waals surface area contributed by atoms with Crippen LogP contribution in [0.5, 0.6) is 5.75 Å². The molecule has 0 saturated heterocycles. The molecule has 3 rings (SSSR count). The molecule has 0 aliphatic carbocycles. The zero-order chi connectivity index (χ0) is 21.0. The lowest BCUT2D eigenvalue weighted by Gasteiger charge is -2.20. The molecule has 2 N–H and O–H groups in total. The minimum Gasteiger partial charge on any atom is -0.479 e. The smallest absolute Gasteiger partial charge is 0.265 e. The Morgan fingerprint density at radius 2 is 1.62 bits per heavy atom. The molecule has 0 heterocycles. The van der Waals surface area contributed by atoms with Gasteiger partial charge < -0.3 is 15.2 Å². The number of anilines is 1. The van der Waals surface area contributed by atoms with Gasteiger partial charge in [-0.1, -0.05) is 65.1 Å². The maximum Gasteiger partial charge on any atom is 0.265 e. The maximum absolute atomic E-state index is 12.7. The lowest BCUT2D eigenvalue weighted by molar-refractivity contribution is -0.122. The maximum atomic E-state index is 12.7. The molecular formula is C22H18Cl3NO3. The molecule has 2 atom stereocenters. The van der Waals surface area contributed by atoms with E-state index >= 15 is 0 Å². The molecule has 29 heavy (non-hydrogen) atoms. The molecule has 7 heteroatoms. The van der Waals surface area contributed by atoms with E-state index < -0.39 is 18.1 Å². The van der Waals surface area contributed by atoms with Crippen molar-refractivity contribution in [2.45, 2.75) is 19.1 Å². The predicted molar refractivity (Wildman–Crippen MR) is 117 cm³/mol. The fourth-order valence-corrected chi connectivity index (χ4v) is 3.37. The number of rotatable bonds is 6. The predicted octanol–water partition coefficient (Wildman–Crippen LogP) is 6.13. The van der Waals surface area contributed by atoms with Crippen molar-refractivity contribution in [2.75, 3.05) is 5.32 Å². The summed E-state index contributed by atoms with van der Waals surface area (Å²) in [6.45, 7) is 1.60. The van der Waals surface area contributed by atoms with Crippen molar-refractivity contribution >= 4 is 46.4 Å². The van der Waals surface area contributed by atoms with Gasteiger partial charge in [0, 0.05) is 21.3 Å². The van der Waals surface area contributed by atoms with Crippen LogP contribution < -0.4 is 10.1 Å². The Morgan fingerprint density at radius 3 is 2.31 bits per heavy atom. The highest BCUT2D eigenvalue weighted by Crippen LogP contribution is 2.32. The SMILES string of the molecule is C[C@@H](Oc1ccc(Cl)cc1Cl)C(=O)Nc1ccc(Cl)cc1[C@H](O)c1ccccc1. The van der Waals surface area contributed by atoms with Crippen LogP contribution in [0.1, 0.15) is 24.2 Å². The standard InChI is InChI=1S/C22H18Cl3NO3/c1-13(29-20-10-8-16(24)12-18(20)25)22(28)26-19-9-7-15(23)11-17(19)21(27)14-5-3-2-4-6-14/h2-13,21,27H,1H3,(H,26,28)/t13-,21-/m1/s1. The van der Waals surface area contributed by atoms with Crippen LogP contribution >= 0.6 is 34.8 Å². The second kappa shape index (κ2) is 9.51. The first-order valence-electron chi connectivity index (χ1n) is 8.80. The molecule has 0 unspecified atom stereocenters. The second-order valence-corrected chi connectivity index (χ2v) is 7.65. The number of carbonyl (C=O) groups is 1. The monoisotopic (exact) mass is 449 g/mol. The van der Waals surface area contributed by atoms with Crippen LogP contribution in [0.3, 0.4) is 0 Å². The van der Waals surface area contributed by atoms with E-state index in [1.54, 1.807) is 49.4 Å². The first-order valence-corrected chi connectivity index (χ1v) is 9.93. The van der Waals surface area contributed by atoms with E-state index in [9.17, 15) is 9.90 Å². The van der Waals surface area contributed by atoms with Gasteiger partial charge in [-0.05, 0) is 48.9 Å². The molecule has 3 aromatic rings. The minimum absolute atomic E-state index is 0.309. The zero-order valence-corrected chi connectivity index (χ0v) is 17.7. The van der Waals surface area contributed by atoms with E-state index in [1.165, 1.54) is 6.07 Å². The zero-order valence-electron chi connectivity index (χ0n) is 15.4. The van der Waals surface area contributed by atoms with E-state index in [4.69, 9.17) is 39.5 Å². The number of carbonyl (C=O) groups excluding carboxylic acids is 1. The van der Waals surface area contributed by atoms with Crippen molar-refractivity contribution in [2.24, 2.45) is 0 Å². The van der Waals surface area contributed by atoms with Gasteiger partial charge in [-0.15, -0.1) is 0 Å². The van der Waals surface area contributed by atoms with Crippen LogP contribution in [-0.4, -0.2) is 17.1 Å². The fourth-order valence-electron chi connectivity index (χ4n) is 2.74. The number of amides is 1. The number of benzene rings is 3. The Morgan fingerprint density at radius 1 is 0.966 bits per heavy atom. The summed E-state index contributed by atoms with van der Waals surface area (Å²) in [6.07, 6.45) is -1.79. The molecule has 0 aliphatic heterocycles. The molecule has 0 aliphatic rings. The Balaban J connectivity index is 1.79. The molecule has 0 bridgehead atoms. The summed E-state index contributed by atoms with van der Waals surface area (Å²) in [5.41, 5.74) is 1.60. The summed E-state index contributed by atoms with van der Waals surface area (Å²) in [6, 6.07) is 18.8.